The van der Waals surface area contributed by atoms with Crippen molar-refractivity contribution in [3.05, 3.63) is 36.1 Å². The van der Waals surface area contributed by atoms with Crippen LogP contribution in [0.5, 0.6) is 0 Å². The summed E-state index contributed by atoms with van der Waals surface area (Å²) in [6.07, 6.45) is 7.87. The van der Waals surface area contributed by atoms with Crippen LogP contribution in [-0.4, -0.2) is 19.9 Å². The molecule has 0 saturated carbocycles. The third-order valence-electron chi connectivity index (χ3n) is 1.45. The van der Waals surface area contributed by atoms with E-state index in [-0.39, 0.29) is 0 Å². The van der Waals surface area contributed by atoms with Crippen molar-refractivity contribution in [3.8, 4) is 11.4 Å². The average Bonchev–Trinajstić information content (AvgIpc) is 2.20. The van der Waals surface area contributed by atoms with E-state index in [0.717, 1.165) is 0 Å². The lowest BCUT2D eigenvalue weighted by Crippen LogP contribution is -1.88. The van der Waals surface area contributed by atoms with E-state index in [4.69, 9.17) is 11.6 Å². The molecule has 0 aromatic carbocycles. The normalized spacial score (nSPS) is 9.92. The van der Waals surface area contributed by atoms with Crippen LogP contribution in [0.3, 0.4) is 0 Å². The molecule has 13 heavy (non-hydrogen) atoms. The predicted molar refractivity (Wildman–Crippen MR) is 48.1 cm³/mol. The van der Waals surface area contributed by atoms with E-state index in [2.05, 4.69) is 19.9 Å². The zero-order valence-corrected chi connectivity index (χ0v) is 7.31. The maximum absolute atomic E-state index is 5.59. The van der Waals surface area contributed by atoms with Crippen molar-refractivity contribution in [3.63, 3.8) is 0 Å². The van der Waals surface area contributed by atoms with E-state index in [9.17, 15) is 0 Å². The Bertz CT molecular complexity index is 387. The fourth-order valence-electron chi connectivity index (χ4n) is 0.876. The van der Waals surface area contributed by atoms with Gasteiger partial charge in [-0.15, -0.1) is 0 Å². The van der Waals surface area contributed by atoms with E-state index in [0.29, 0.717) is 16.5 Å². The zero-order valence-electron chi connectivity index (χ0n) is 6.55. The number of nitrogens with zero attached hydrogens (tertiary/aromatic N) is 4. The molecule has 2 rings (SSSR count). The molecule has 0 amide bonds. The Kier molecular flexibility index (Phi) is 2.14. The molecule has 0 N–H and O–H groups in total. The lowest BCUT2D eigenvalue weighted by Gasteiger charge is -1.96. The van der Waals surface area contributed by atoms with Crippen LogP contribution in [0.15, 0.2) is 31.0 Å². The molecule has 0 unspecified atom stereocenters. The Morgan fingerprint density at radius 3 is 2.31 bits per heavy atom. The second-order valence-electron chi connectivity index (χ2n) is 2.32. The molecule has 2 heterocycles. The van der Waals surface area contributed by atoms with Gasteiger partial charge in [0.25, 0.3) is 0 Å². The number of hydrogen-bond donors (Lipinski definition) is 0. The first-order chi connectivity index (χ1) is 6.36. The molecule has 0 radical (unpaired) electrons. The molecule has 64 valence electrons. The highest BCUT2D eigenvalue weighted by molar-refractivity contribution is 6.29. The SMILES string of the molecule is Clc1cnc(-c2cnccn2)cn1. The van der Waals surface area contributed by atoms with Crippen molar-refractivity contribution < 1.29 is 0 Å². The first-order valence-electron chi connectivity index (χ1n) is 3.60. The van der Waals surface area contributed by atoms with Crippen molar-refractivity contribution in [1.29, 1.82) is 0 Å². The maximum atomic E-state index is 5.59. The van der Waals surface area contributed by atoms with Crippen LogP contribution in [0.25, 0.3) is 11.4 Å². The van der Waals surface area contributed by atoms with E-state index in [1.807, 2.05) is 0 Å². The third kappa shape index (κ3) is 1.78. The largest absolute Gasteiger partial charge is 0.261 e. The molecule has 2 aromatic heterocycles. The summed E-state index contributed by atoms with van der Waals surface area (Å²) in [6.45, 7) is 0. The van der Waals surface area contributed by atoms with E-state index >= 15 is 0 Å². The number of halogens is 1. The standard InChI is InChI=1S/C8H5ClN4/c9-8-5-12-7(4-13-8)6-3-10-1-2-11-6/h1-5H. The Morgan fingerprint density at radius 1 is 0.846 bits per heavy atom. The van der Waals surface area contributed by atoms with E-state index < -0.39 is 0 Å². The summed E-state index contributed by atoms with van der Waals surface area (Å²) < 4.78 is 0. The van der Waals surface area contributed by atoms with Crippen molar-refractivity contribution in [2.75, 3.05) is 0 Å². The summed E-state index contributed by atoms with van der Waals surface area (Å²) in [4.78, 5) is 15.9. The van der Waals surface area contributed by atoms with Gasteiger partial charge in [-0.05, 0) is 0 Å². The van der Waals surface area contributed by atoms with Crippen LogP contribution in [0, 0.1) is 0 Å². The van der Waals surface area contributed by atoms with Crippen molar-refractivity contribution in [2.45, 2.75) is 0 Å². The lowest BCUT2D eigenvalue weighted by molar-refractivity contribution is 1.14. The minimum atomic E-state index is 0.368. The van der Waals surface area contributed by atoms with Crippen LogP contribution < -0.4 is 0 Å². The second-order valence-corrected chi connectivity index (χ2v) is 2.70. The minimum Gasteiger partial charge on any atom is -0.261 e. The first kappa shape index (κ1) is 8.07. The van der Waals surface area contributed by atoms with Gasteiger partial charge >= 0.3 is 0 Å². The molecule has 0 bridgehead atoms. The molecule has 0 aliphatic carbocycles. The third-order valence-corrected chi connectivity index (χ3v) is 1.64. The van der Waals surface area contributed by atoms with Gasteiger partial charge < -0.3 is 0 Å². The van der Waals surface area contributed by atoms with Gasteiger partial charge in [-0.25, -0.2) is 9.97 Å². The Hall–Kier alpha value is -1.55. The zero-order chi connectivity index (χ0) is 9.10. The average molecular weight is 193 g/mol. The first-order valence-corrected chi connectivity index (χ1v) is 3.98. The fourth-order valence-corrected chi connectivity index (χ4v) is 0.974. The topological polar surface area (TPSA) is 51.6 Å². The van der Waals surface area contributed by atoms with Crippen LogP contribution in [0.4, 0.5) is 0 Å². The molecule has 0 fully saturated rings. The van der Waals surface area contributed by atoms with Crippen LogP contribution >= 0.6 is 11.6 Å². The van der Waals surface area contributed by atoms with Gasteiger partial charge in [0.05, 0.1) is 18.6 Å². The summed E-state index contributed by atoms with van der Waals surface area (Å²) in [5, 5.41) is 0.368. The fraction of sp³-hybridized carbons (Fsp3) is 0. The van der Waals surface area contributed by atoms with E-state index in [1.165, 1.54) is 6.20 Å². The van der Waals surface area contributed by atoms with Gasteiger partial charge in [0.15, 0.2) is 0 Å². The highest BCUT2D eigenvalue weighted by Gasteiger charge is 1.99. The van der Waals surface area contributed by atoms with Crippen LogP contribution in [0.1, 0.15) is 0 Å². The summed E-state index contributed by atoms with van der Waals surface area (Å²) in [7, 11) is 0. The molecule has 0 spiro atoms. The molecule has 0 aliphatic heterocycles. The van der Waals surface area contributed by atoms with E-state index in [1.54, 1.807) is 24.8 Å². The van der Waals surface area contributed by atoms with Gasteiger partial charge in [-0.3, -0.25) is 9.97 Å². The number of rotatable bonds is 1. The molecular weight excluding hydrogens is 188 g/mol. The predicted octanol–water partition coefficient (Wildman–Crippen LogP) is 1.59. The molecule has 0 saturated heterocycles. The number of hydrogen-bond acceptors (Lipinski definition) is 4. The number of aromatic nitrogens is 4. The monoisotopic (exact) mass is 192 g/mol. The molecular formula is C8H5ClN4. The van der Waals surface area contributed by atoms with Crippen molar-refractivity contribution in [1.82, 2.24) is 19.9 Å². The molecule has 4 nitrogen and oxygen atoms in total. The summed E-state index contributed by atoms with van der Waals surface area (Å²) >= 11 is 5.59. The van der Waals surface area contributed by atoms with Gasteiger partial charge in [0.1, 0.15) is 16.5 Å². The van der Waals surface area contributed by atoms with Crippen molar-refractivity contribution in [2.24, 2.45) is 0 Å². The molecule has 0 atom stereocenters. The summed E-state index contributed by atoms with van der Waals surface area (Å²) in [5.74, 6) is 0. The summed E-state index contributed by atoms with van der Waals surface area (Å²) in [5.41, 5.74) is 1.35. The van der Waals surface area contributed by atoms with Crippen LogP contribution in [-0.2, 0) is 0 Å². The highest BCUT2D eigenvalue weighted by Crippen LogP contribution is 2.11. The summed E-state index contributed by atoms with van der Waals surface area (Å²) in [6, 6.07) is 0. The Labute approximate surface area is 79.7 Å². The minimum absolute atomic E-state index is 0.368. The second kappa shape index (κ2) is 3.45. The van der Waals surface area contributed by atoms with Gasteiger partial charge in [0, 0.05) is 12.4 Å². The van der Waals surface area contributed by atoms with Crippen LogP contribution in [0.2, 0.25) is 5.15 Å². The quantitative estimate of drug-likeness (QED) is 0.689. The van der Waals surface area contributed by atoms with Gasteiger partial charge in [-0.2, -0.15) is 0 Å². The highest BCUT2D eigenvalue weighted by atomic mass is 35.5. The molecule has 0 aliphatic rings. The smallest absolute Gasteiger partial charge is 0.147 e. The van der Waals surface area contributed by atoms with Crippen molar-refractivity contribution >= 4 is 11.6 Å². The van der Waals surface area contributed by atoms with Gasteiger partial charge in [-0.1, -0.05) is 11.6 Å². The molecule has 2 aromatic rings. The Morgan fingerprint density at radius 2 is 1.69 bits per heavy atom. The van der Waals surface area contributed by atoms with Gasteiger partial charge in [0.2, 0.25) is 0 Å². The molecule has 5 heteroatoms. The Balaban J connectivity index is 2.42. The maximum Gasteiger partial charge on any atom is 0.147 e. The lowest BCUT2D eigenvalue weighted by atomic mass is 10.3.